The van der Waals surface area contributed by atoms with Crippen LogP contribution in [0.3, 0.4) is 0 Å². The number of phenolic OH excluding ortho intramolecular Hbond substituents is 1. The summed E-state index contributed by atoms with van der Waals surface area (Å²) in [4.78, 5) is 93.0. The molecular formula is C33H50N8O10S. The average Bonchev–Trinajstić information content (AvgIpc) is 3.83. The molecule has 1 aromatic rings. The Morgan fingerprint density at radius 1 is 0.846 bits per heavy atom. The second-order valence-corrected chi connectivity index (χ2v) is 13.2. The molecule has 19 heteroatoms. The van der Waals surface area contributed by atoms with Gasteiger partial charge in [0, 0.05) is 25.3 Å². The van der Waals surface area contributed by atoms with Crippen LogP contribution in [-0.2, 0) is 40.0 Å². The Morgan fingerprint density at radius 2 is 1.44 bits per heavy atom. The zero-order valence-electron chi connectivity index (χ0n) is 28.9. The summed E-state index contributed by atoms with van der Waals surface area (Å²) in [5, 5.41) is 38.1. The van der Waals surface area contributed by atoms with Crippen LogP contribution in [0.2, 0.25) is 0 Å². The molecule has 0 radical (unpaired) electrons. The number of phenols is 1. The van der Waals surface area contributed by atoms with E-state index >= 15 is 0 Å². The van der Waals surface area contributed by atoms with E-state index in [1.807, 2.05) is 0 Å². The first-order valence-corrected chi connectivity index (χ1v) is 17.9. The number of unbranched alkanes of at least 4 members (excludes halogenated alkanes) is 1. The Hall–Kier alpha value is -4.46. The van der Waals surface area contributed by atoms with Crippen LogP contribution in [0.4, 0.5) is 0 Å². The largest absolute Gasteiger partial charge is 0.508 e. The highest BCUT2D eigenvalue weighted by Crippen LogP contribution is 2.21. The summed E-state index contributed by atoms with van der Waals surface area (Å²) in [5.74, 6) is -5.32. The van der Waals surface area contributed by atoms with Crippen LogP contribution in [0, 0.1) is 0 Å². The van der Waals surface area contributed by atoms with E-state index in [9.17, 15) is 43.8 Å². The molecule has 2 saturated heterocycles. The van der Waals surface area contributed by atoms with E-state index in [0.29, 0.717) is 44.2 Å². The number of likely N-dealkylation sites (tertiary alicyclic amines) is 2. The third-order valence-corrected chi connectivity index (χ3v) is 9.40. The van der Waals surface area contributed by atoms with Gasteiger partial charge in [-0.1, -0.05) is 18.6 Å². The molecule has 2 aliphatic rings. The predicted octanol–water partition coefficient (Wildman–Crippen LogP) is -3.05. The van der Waals surface area contributed by atoms with Crippen LogP contribution in [0.15, 0.2) is 24.3 Å². The van der Waals surface area contributed by atoms with Crippen molar-refractivity contribution in [1.29, 1.82) is 0 Å². The van der Waals surface area contributed by atoms with E-state index in [0.717, 1.165) is 0 Å². The van der Waals surface area contributed by atoms with Gasteiger partial charge in [-0.3, -0.25) is 28.8 Å². The Bertz CT molecular complexity index is 1430. The lowest BCUT2D eigenvalue weighted by Crippen LogP contribution is -2.58. The quantitative estimate of drug-likeness (QED) is 0.0499. The summed E-state index contributed by atoms with van der Waals surface area (Å²) in [7, 11) is 0. The number of nitrogens with two attached hydrogens (primary N) is 2. The highest BCUT2D eigenvalue weighted by molar-refractivity contribution is 7.80. The number of nitrogens with zero attached hydrogens (tertiary/aromatic N) is 2. The van der Waals surface area contributed by atoms with Gasteiger partial charge in [0.15, 0.2) is 0 Å². The van der Waals surface area contributed by atoms with Crippen molar-refractivity contribution in [3.05, 3.63) is 29.8 Å². The lowest BCUT2D eigenvalue weighted by molar-refractivity contribution is -0.145. The van der Waals surface area contributed by atoms with Gasteiger partial charge in [0.05, 0.1) is 19.2 Å². The zero-order chi connectivity index (χ0) is 38.4. The summed E-state index contributed by atoms with van der Waals surface area (Å²) in [6.07, 6.45) is 3.16. The van der Waals surface area contributed by atoms with E-state index in [1.165, 1.54) is 21.9 Å². The number of aromatic hydroxyl groups is 1. The van der Waals surface area contributed by atoms with Crippen LogP contribution in [0.5, 0.6) is 5.75 Å². The molecule has 0 unspecified atom stereocenters. The highest BCUT2D eigenvalue weighted by Gasteiger charge is 2.40. The van der Waals surface area contributed by atoms with Gasteiger partial charge in [-0.05, 0) is 62.8 Å². The van der Waals surface area contributed by atoms with Crippen LogP contribution in [0.1, 0.15) is 50.5 Å². The normalized spacial score (nSPS) is 19.2. The van der Waals surface area contributed by atoms with Crippen molar-refractivity contribution in [3.8, 4) is 5.75 Å². The second kappa shape index (κ2) is 20.5. The number of rotatable bonds is 19. The van der Waals surface area contributed by atoms with E-state index in [1.54, 1.807) is 12.1 Å². The molecule has 0 spiro atoms. The Labute approximate surface area is 306 Å². The Balaban J connectivity index is 1.62. The van der Waals surface area contributed by atoms with Gasteiger partial charge in [-0.2, -0.15) is 12.6 Å². The molecular weight excluding hydrogens is 700 g/mol. The molecule has 2 aliphatic heterocycles. The van der Waals surface area contributed by atoms with E-state index in [2.05, 4.69) is 33.9 Å². The molecule has 0 aliphatic carbocycles. The third-order valence-electron chi connectivity index (χ3n) is 9.04. The molecule has 3 rings (SSSR count). The molecule has 2 heterocycles. The van der Waals surface area contributed by atoms with Crippen molar-refractivity contribution < 1.29 is 48.9 Å². The number of aliphatic hydroxyl groups is 1. The minimum Gasteiger partial charge on any atom is -0.508 e. The maximum Gasteiger partial charge on any atom is 0.328 e. The van der Waals surface area contributed by atoms with Gasteiger partial charge in [-0.15, -0.1) is 0 Å². The number of nitrogens with one attached hydrogen (secondary N) is 4. The minimum absolute atomic E-state index is 0.0214. The first-order chi connectivity index (χ1) is 24.8. The molecule has 18 nitrogen and oxygen atoms in total. The number of amides is 6. The fourth-order valence-corrected chi connectivity index (χ4v) is 6.38. The first kappa shape index (κ1) is 42.0. The van der Waals surface area contributed by atoms with Crippen LogP contribution in [-0.4, -0.2) is 141 Å². The smallest absolute Gasteiger partial charge is 0.328 e. The Kier molecular flexibility index (Phi) is 16.6. The lowest BCUT2D eigenvalue weighted by atomic mass is 10.0. The summed E-state index contributed by atoms with van der Waals surface area (Å²) >= 11 is 4.22. The number of aliphatic carboxylic acids is 1. The van der Waals surface area contributed by atoms with Crippen molar-refractivity contribution in [2.75, 3.05) is 38.5 Å². The molecule has 52 heavy (non-hydrogen) atoms. The van der Waals surface area contributed by atoms with Crippen molar-refractivity contribution in [2.24, 2.45) is 11.5 Å². The summed E-state index contributed by atoms with van der Waals surface area (Å²) in [5.41, 5.74) is 12.2. The summed E-state index contributed by atoms with van der Waals surface area (Å²) in [6.45, 7) is -0.486. The molecule has 2 fully saturated rings. The number of aliphatic hydroxyl groups excluding tert-OH is 1. The predicted molar refractivity (Wildman–Crippen MR) is 190 cm³/mol. The molecule has 0 saturated carbocycles. The van der Waals surface area contributed by atoms with Gasteiger partial charge in [0.2, 0.25) is 35.4 Å². The monoisotopic (exact) mass is 750 g/mol. The van der Waals surface area contributed by atoms with Crippen LogP contribution in [0.25, 0.3) is 0 Å². The topological polar surface area (TPSA) is 287 Å². The van der Waals surface area contributed by atoms with Gasteiger partial charge >= 0.3 is 5.97 Å². The zero-order valence-corrected chi connectivity index (χ0v) is 29.8. The SMILES string of the molecule is NCCCC[C@H](N)C(=O)N[C@@H](Cc1ccc(O)cc1)C(=O)NCC(=O)N1CCC[C@H]1C(=O)N[C@@H](CS)C(=O)N1CCC[C@H]1C(=O)N[C@@H](CO)C(=O)O. The molecule has 6 atom stereocenters. The summed E-state index contributed by atoms with van der Waals surface area (Å²) in [6, 6.07) is -0.613. The van der Waals surface area contributed by atoms with Crippen LogP contribution < -0.4 is 32.7 Å². The fourth-order valence-electron chi connectivity index (χ4n) is 6.13. The van der Waals surface area contributed by atoms with Gasteiger partial charge < -0.3 is 57.9 Å². The average molecular weight is 751 g/mol. The number of hydrogen-bond donors (Lipinski definition) is 10. The molecule has 11 N–H and O–H groups in total. The summed E-state index contributed by atoms with van der Waals surface area (Å²) < 4.78 is 0. The van der Waals surface area contributed by atoms with Crippen LogP contribution >= 0.6 is 12.6 Å². The van der Waals surface area contributed by atoms with E-state index in [4.69, 9.17) is 16.6 Å². The number of carboxylic acid groups (broad SMARTS) is 1. The van der Waals surface area contributed by atoms with Crippen molar-refractivity contribution >= 4 is 54.0 Å². The molecule has 0 aromatic heterocycles. The van der Waals surface area contributed by atoms with Gasteiger partial charge in [-0.25, -0.2) is 4.79 Å². The minimum atomic E-state index is -1.54. The number of hydrogen-bond acceptors (Lipinski definition) is 12. The second-order valence-electron chi connectivity index (χ2n) is 12.8. The van der Waals surface area contributed by atoms with Gasteiger partial charge in [0.25, 0.3) is 0 Å². The first-order valence-electron chi connectivity index (χ1n) is 17.3. The van der Waals surface area contributed by atoms with Gasteiger partial charge in [0.1, 0.15) is 36.0 Å². The van der Waals surface area contributed by atoms with Crippen molar-refractivity contribution in [2.45, 2.75) is 87.6 Å². The molecule has 288 valence electrons. The lowest BCUT2D eigenvalue weighted by Gasteiger charge is -2.30. The van der Waals surface area contributed by atoms with Crippen molar-refractivity contribution in [1.82, 2.24) is 31.1 Å². The van der Waals surface area contributed by atoms with E-state index in [-0.39, 0.29) is 43.9 Å². The molecule has 6 amide bonds. The maximum atomic E-state index is 13.5. The number of carboxylic acids is 1. The third kappa shape index (κ3) is 11.8. The number of carbonyl (C=O) groups excluding carboxylic acids is 6. The Morgan fingerprint density at radius 3 is 2.02 bits per heavy atom. The molecule has 0 bridgehead atoms. The maximum absolute atomic E-state index is 13.5. The van der Waals surface area contributed by atoms with E-state index < -0.39 is 90.8 Å². The number of thiol groups is 1. The van der Waals surface area contributed by atoms with Crippen molar-refractivity contribution in [3.63, 3.8) is 0 Å². The number of benzene rings is 1. The highest BCUT2D eigenvalue weighted by atomic mass is 32.1. The number of carbonyl (C=O) groups is 7. The standard InChI is InChI=1S/C33H50N8O10S/c34-12-2-1-5-21(35)28(45)37-22(15-19-8-10-20(43)11-9-19)29(46)36-16-27(44)40-13-3-6-25(40)30(47)39-24(18-52)32(49)41-14-4-7-26(41)31(48)38-23(17-42)33(50)51/h8-11,21-26,42-43,52H,1-7,12-18,34-35H2,(H,36,46)(H,37,45)(H,38,48)(H,39,47)(H,50,51)/t21-,22-,23-,24-,25-,26-/m0/s1. The fraction of sp³-hybridized carbons (Fsp3) is 0.606. The molecule has 1 aromatic carbocycles.